The topological polar surface area (TPSA) is 108 Å². The number of nitrogens with zero attached hydrogens (tertiary/aromatic N) is 2. The summed E-state index contributed by atoms with van der Waals surface area (Å²) in [5.74, 6) is 0.516. The van der Waals surface area contributed by atoms with Crippen LogP contribution in [0.5, 0.6) is 0 Å². The number of benzene rings is 1. The van der Waals surface area contributed by atoms with Crippen molar-refractivity contribution >= 4 is 33.4 Å². The maximum Gasteiger partial charge on any atom is 0.257 e. The summed E-state index contributed by atoms with van der Waals surface area (Å²) in [7, 11) is -3.52. The zero-order valence-electron chi connectivity index (χ0n) is 21.9. The van der Waals surface area contributed by atoms with E-state index >= 15 is 0 Å². The molecule has 4 rings (SSSR count). The Hall–Kier alpha value is -2.66. The van der Waals surface area contributed by atoms with E-state index in [1.54, 1.807) is 12.1 Å². The molecule has 0 radical (unpaired) electrons. The Balaban J connectivity index is 1.32. The van der Waals surface area contributed by atoms with Gasteiger partial charge in [0.05, 0.1) is 5.75 Å². The second kappa shape index (κ2) is 11.6. The van der Waals surface area contributed by atoms with Crippen LogP contribution in [-0.4, -0.2) is 61.2 Å². The molecule has 3 aliphatic rings. The van der Waals surface area contributed by atoms with Crippen molar-refractivity contribution in [3.8, 4) is 0 Å². The molecule has 1 aromatic rings. The molecule has 11 heteroatoms. The molecule has 208 valence electrons. The highest BCUT2D eigenvalue weighted by Crippen LogP contribution is 2.36. The number of amidine groups is 1. The number of carbonyl (C=O) groups excluding carboxylic acids is 2. The lowest BCUT2D eigenvalue weighted by molar-refractivity contribution is -0.125. The number of allylic oxidation sites excluding steroid dienone is 2. The highest BCUT2D eigenvalue weighted by Gasteiger charge is 2.48. The lowest BCUT2D eigenvalue weighted by Gasteiger charge is -2.34. The summed E-state index contributed by atoms with van der Waals surface area (Å²) >= 11 is 0. The molecule has 0 aromatic heterocycles. The SMILES string of the molecule is CC(=O)Nc1ccc(CCS(=O)(=O)N2CCC3(CC2)N=C(C2CCC(/C=C/C(F)F)CC2)NC3=O)c(C)c1. The average molecular weight is 551 g/mol. The third kappa shape index (κ3) is 6.66. The number of hydrogen-bond acceptors (Lipinski definition) is 5. The minimum Gasteiger partial charge on any atom is -0.326 e. The van der Waals surface area contributed by atoms with E-state index in [0.717, 1.165) is 42.9 Å². The maximum absolute atomic E-state index is 13.1. The minimum atomic E-state index is -3.52. The van der Waals surface area contributed by atoms with Gasteiger partial charge in [0, 0.05) is 31.6 Å². The molecule has 2 fully saturated rings. The van der Waals surface area contributed by atoms with E-state index < -0.39 is 22.0 Å². The van der Waals surface area contributed by atoms with Crippen molar-refractivity contribution in [3.63, 3.8) is 0 Å². The van der Waals surface area contributed by atoms with Crippen LogP contribution in [0.4, 0.5) is 14.5 Å². The maximum atomic E-state index is 13.1. The fourth-order valence-corrected chi connectivity index (χ4v) is 7.14. The Labute approximate surface area is 223 Å². The van der Waals surface area contributed by atoms with Crippen LogP contribution in [0.15, 0.2) is 35.3 Å². The third-order valence-electron chi connectivity index (χ3n) is 7.92. The molecule has 1 saturated carbocycles. The summed E-state index contributed by atoms with van der Waals surface area (Å²) in [4.78, 5) is 29.0. The number of aryl methyl sites for hydroxylation is 2. The van der Waals surface area contributed by atoms with Crippen LogP contribution in [0.1, 0.15) is 56.6 Å². The fraction of sp³-hybridized carbons (Fsp3) is 0.593. The van der Waals surface area contributed by atoms with E-state index in [1.165, 1.54) is 11.2 Å². The van der Waals surface area contributed by atoms with Gasteiger partial charge in [0.25, 0.3) is 12.3 Å². The molecule has 1 aliphatic carbocycles. The normalized spacial score (nSPS) is 24.1. The largest absolute Gasteiger partial charge is 0.326 e. The summed E-state index contributed by atoms with van der Waals surface area (Å²) in [6.07, 6.45) is 4.22. The average Bonchev–Trinajstić information content (AvgIpc) is 3.17. The van der Waals surface area contributed by atoms with Crippen LogP contribution >= 0.6 is 0 Å². The number of sulfonamides is 1. The van der Waals surface area contributed by atoms with Gasteiger partial charge in [-0.3, -0.25) is 14.6 Å². The van der Waals surface area contributed by atoms with Gasteiger partial charge < -0.3 is 10.6 Å². The molecule has 0 unspecified atom stereocenters. The zero-order chi connectivity index (χ0) is 27.5. The summed E-state index contributed by atoms with van der Waals surface area (Å²) in [6, 6.07) is 5.43. The van der Waals surface area contributed by atoms with Crippen molar-refractivity contribution in [2.75, 3.05) is 24.2 Å². The van der Waals surface area contributed by atoms with Crippen molar-refractivity contribution in [2.45, 2.75) is 70.8 Å². The summed E-state index contributed by atoms with van der Waals surface area (Å²) in [5, 5.41) is 5.67. The summed E-state index contributed by atoms with van der Waals surface area (Å²) in [5.41, 5.74) is 1.56. The number of carbonyl (C=O) groups is 2. The van der Waals surface area contributed by atoms with Crippen LogP contribution in [0.25, 0.3) is 0 Å². The van der Waals surface area contributed by atoms with Crippen LogP contribution in [-0.2, 0) is 26.0 Å². The van der Waals surface area contributed by atoms with Gasteiger partial charge in [-0.25, -0.2) is 21.5 Å². The van der Waals surface area contributed by atoms with Gasteiger partial charge in [-0.2, -0.15) is 0 Å². The Morgan fingerprint density at radius 2 is 1.92 bits per heavy atom. The van der Waals surface area contributed by atoms with E-state index in [9.17, 15) is 26.8 Å². The first-order valence-corrected chi connectivity index (χ1v) is 14.8. The molecule has 2 heterocycles. The van der Waals surface area contributed by atoms with E-state index in [0.29, 0.717) is 30.8 Å². The van der Waals surface area contributed by atoms with Crippen LogP contribution in [0.2, 0.25) is 0 Å². The number of hydrogen-bond donors (Lipinski definition) is 2. The van der Waals surface area contributed by atoms with Crippen LogP contribution in [0.3, 0.4) is 0 Å². The number of amides is 2. The van der Waals surface area contributed by atoms with Crippen LogP contribution in [0, 0.1) is 18.8 Å². The third-order valence-corrected chi connectivity index (χ3v) is 9.79. The van der Waals surface area contributed by atoms with Gasteiger partial charge >= 0.3 is 0 Å². The molecule has 2 amide bonds. The Kier molecular flexibility index (Phi) is 8.66. The van der Waals surface area contributed by atoms with E-state index in [1.807, 2.05) is 19.1 Å². The highest BCUT2D eigenvalue weighted by atomic mass is 32.2. The number of rotatable bonds is 8. The van der Waals surface area contributed by atoms with Gasteiger partial charge in [-0.05, 0) is 87.1 Å². The minimum absolute atomic E-state index is 0.0374. The van der Waals surface area contributed by atoms with E-state index in [4.69, 9.17) is 4.99 Å². The molecule has 38 heavy (non-hydrogen) atoms. The van der Waals surface area contributed by atoms with Gasteiger partial charge in [-0.1, -0.05) is 12.1 Å². The van der Waals surface area contributed by atoms with Crippen molar-refractivity contribution in [1.82, 2.24) is 9.62 Å². The molecule has 2 aliphatic heterocycles. The Morgan fingerprint density at radius 3 is 2.53 bits per heavy atom. The van der Waals surface area contributed by atoms with Crippen LogP contribution < -0.4 is 10.6 Å². The Morgan fingerprint density at radius 1 is 1.24 bits per heavy atom. The first kappa shape index (κ1) is 28.4. The monoisotopic (exact) mass is 550 g/mol. The summed E-state index contributed by atoms with van der Waals surface area (Å²) < 4.78 is 52.5. The number of halogens is 2. The number of piperidine rings is 1. The van der Waals surface area contributed by atoms with Crippen molar-refractivity contribution in [1.29, 1.82) is 0 Å². The zero-order valence-corrected chi connectivity index (χ0v) is 22.7. The molecular weight excluding hydrogens is 514 g/mol. The number of alkyl halides is 2. The molecule has 1 spiro atoms. The molecule has 1 saturated heterocycles. The van der Waals surface area contributed by atoms with Gasteiger partial charge in [0.1, 0.15) is 11.4 Å². The Bertz CT molecular complexity index is 1220. The lowest BCUT2D eigenvalue weighted by Crippen LogP contribution is -2.51. The van der Waals surface area contributed by atoms with Crippen molar-refractivity contribution in [2.24, 2.45) is 16.8 Å². The van der Waals surface area contributed by atoms with Gasteiger partial charge in [0.15, 0.2) is 0 Å². The molecule has 2 N–H and O–H groups in total. The van der Waals surface area contributed by atoms with Gasteiger partial charge in [0.2, 0.25) is 15.9 Å². The van der Waals surface area contributed by atoms with Gasteiger partial charge in [-0.15, -0.1) is 0 Å². The predicted octanol–water partition coefficient (Wildman–Crippen LogP) is 3.82. The first-order valence-electron chi connectivity index (χ1n) is 13.2. The van der Waals surface area contributed by atoms with E-state index in [2.05, 4.69) is 10.6 Å². The molecule has 1 aromatic carbocycles. The van der Waals surface area contributed by atoms with E-state index in [-0.39, 0.29) is 42.5 Å². The number of nitrogens with one attached hydrogen (secondary N) is 2. The second-order valence-electron chi connectivity index (χ2n) is 10.6. The summed E-state index contributed by atoms with van der Waals surface area (Å²) in [6.45, 7) is 3.79. The smallest absolute Gasteiger partial charge is 0.257 e. The molecule has 8 nitrogen and oxygen atoms in total. The fourth-order valence-electron chi connectivity index (χ4n) is 5.66. The first-order chi connectivity index (χ1) is 18.0. The lowest BCUT2D eigenvalue weighted by atomic mass is 9.81. The predicted molar refractivity (Wildman–Crippen MR) is 143 cm³/mol. The second-order valence-corrected chi connectivity index (χ2v) is 12.7. The molecule has 0 atom stereocenters. The standard InChI is InChI=1S/C27H36F2N4O4S/c1-18-17-23(30-19(2)34)9-8-21(18)11-16-38(36,37)33-14-12-27(13-15-33)26(35)31-25(32-27)22-6-3-20(4-7-22)5-10-24(28)29/h5,8-10,17,20,22,24H,3-4,6-7,11-16H2,1-2H3,(H,30,34)(H,31,32,35)/b10-5+. The number of anilines is 1. The molecule has 0 bridgehead atoms. The molecular formula is C27H36F2N4O4S. The quantitative estimate of drug-likeness (QED) is 0.480. The van der Waals surface area contributed by atoms with Crippen molar-refractivity contribution < 1.29 is 26.8 Å². The number of aliphatic imine (C=N–C) groups is 1. The highest BCUT2D eigenvalue weighted by molar-refractivity contribution is 7.89. The van der Waals surface area contributed by atoms with Crippen molar-refractivity contribution in [3.05, 3.63) is 41.5 Å².